The molecule has 1 fully saturated rings. The van der Waals surface area contributed by atoms with E-state index in [9.17, 15) is 18.0 Å². The molecule has 7 heteroatoms. The number of carbonyl (C=O) groups excluding carboxylic acids is 1. The Kier molecular flexibility index (Phi) is 5.37. The minimum atomic E-state index is -4.40. The summed E-state index contributed by atoms with van der Waals surface area (Å²) in [7, 11) is 0. The van der Waals surface area contributed by atoms with E-state index < -0.39 is 11.7 Å². The van der Waals surface area contributed by atoms with Gasteiger partial charge in [-0.3, -0.25) is 9.89 Å². The van der Waals surface area contributed by atoms with Crippen LogP contribution in [-0.4, -0.2) is 34.1 Å². The lowest BCUT2D eigenvalue weighted by molar-refractivity contribution is -0.137. The van der Waals surface area contributed by atoms with Crippen molar-refractivity contribution in [2.75, 3.05) is 13.1 Å². The van der Waals surface area contributed by atoms with Crippen LogP contribution in [0.4, 0.5) is 13.2 Å². The second-order valence-electron chi connectivity index (χ2n) is 7.80. The largest absolute Gasteiger partial charge is 0.416 e. The van der Waals surface area contributed by atoms with Crippen LogP contribution in [0.3, 0.4) is 0 Å². The summed E-state index contributed by atoms with van der Waals surface area (Å²) in [6, 6.07) is 14.0. The average molecular weight is 413 g/mol. The summed E-state index contributed by atoms with van der Waals surface area (Å²) in [4.78, 5) is 14.6. The zero-order chi connectivity index (χ0) is 21.3. The fourth-order valence-corrected chi connectivity index (χ4v) is 3.66. The molecule has 1 aromatic heterocycles. The van der Waals surface area contributed by atoms with Crippen LogP contribution in [0.1, 0.15) is 35.7 Å². The molecule has 1 aliphatic rings. The molecule has 156 valence electrons. The number of carbonyl (C=O) groups is 1. The van der Waals surface area contributed by atoms with Gasteiger partial charge in [0.1, 0.15) is 0 Å². The molecule has 1 amide bonds. The van der Waals surface area contributed by atoms with Gasteiger partial charge in [-0.25, -0.2) is 0 Å². The van der Waals surface area contributed by atoms with Gasteiger partial charge in [0.25, 0.3) is 5.91 Å². The van der Waals surface area contributed by atoms with Crippen molar-refractivity contribution >= 4 is 5.91 Å². The Labute approximate surface area is 172 Å². The molecule has 0 saturated carbocycles. The molecule has 1 saturated heterocycles. The molecule has 0 radical (unpaired) electrons. The van der Waals surface area contributed by atoms with E-state index in [-0.39, 0.29) is 5.91 Å². The number of hydrogen-bond acceptors (Lipinski definition) is 2. The first-order chi connectivity index (χ1) is 14.3. The Hall–Kier alpha value is -3.09. The standard InChI is InChI=1S/C23H22F3N3O/c1-15-9-11-29(12-10-15)22(30)17-7-5-16(6-8-17)20-14-21(28-27-20)18-3-2-4-19(13-18)23(24,25)26/h2-8,13-15H,9-12H2,1H3,(H,27,28). The number of likely N-dealkylation sites (tertiary alicyclic amines) is 1. The Bertz CT molecular complexity index is 1030. The topological polar surface area (TPSA) is 49.0 Å². The summed E-state index contributed by atoms with van der Waals surface area (Å²) in [5.74, 6) is 0.686. The van der Waals surface area contributed by atoms with Crippen molar-refractivity contribution in [1.29, 1.82) is 0 Å². The number of H-pyrrole nitrogens is 1. The van der Waals surface area contributed by atoms with Crippen LogP contribution < -0.4 is 0 Å². The predicted octanol–water partition coefficient (Wildman–Crippen LogP) is 5.63. The zero-order valence-electron chi connectivity index (χ0n) is 16.5. The van der Waals surface area contributed by atoms with Crippen LogP contribution in [0.2, 0.25) is 0 Å². The highest BCUT2D eigenvalue weighted by Gasteiger charge is 2.30. The zero-order valence-corrected chi connectivity index (χ0v) is 16.5. The van der Waals surface area contributed by atoms with Crippen molar-refractivity contribution in [3.63, 3.8) is 0 Å². The van der Waals surface area contributed by atoms with Gasteiger partial charge in [0, 0.05) is 24.2 Å². The van der Waals surface area contributed by atoms with E-state index in [1.165, 1.54) is 6.07 Å². The van der Waals surface area contributed by atoms with Crippen LogP contribution in [0.5, 0.6) is 0 Å². The summed E-state index contributed by atoms with van der Waals surface area (Å²) in [5.41, 5.74) is 2.22. The summed E-state index contributed by atoms with van der Waals surface area (Å²) in [6.45, 7) is 3.76. The number of hydrogen-bond donors (Lipinski definition) is 1. The molecule has 2 heterocycles. The highest BCUT2D eigenvalue weighted by molar-refractivity contribution is 5.94. The van der Waals surface area contributed by atoms with Gasteiger partial charge in [0.15, 0.2) is 0 Å². The molecular formula is C23H22F3N3O. The molecular weight excluding hydrogens is 391 g/mol. The van der Waals surface area contributed by atoms with Gasteiger partial charge < -0.3 is 4.90 Å². The van der Waals surface area contributed by atoms with Crippen LogP contribution in [0, 0.1) is 5.92 Å². The van der Waals surface area contributed by atoms with Gasteiger partial charge in [-0.2, -0.15) is 18.3 Å². The number of aromatic nitrogens is 2. The number of piperidine rings is 1. The highest BCUT2D eigenvalue weighted by Crippen LogP contribution is 2.32. The molecule has 0 bridgehead atoms. The number of rotatable bonds is 3. The normalized spacial score (nSPS) is 15.4. The first kappa shape index (κ1) is 20.2. The summed E-state index contributed by atoms with van der Waals surface area (Å²) in [6.07, 6.45) is -2.35. The predicted molar refractivity (Wildman–Crippen MR) is 109 cm³/mol. The lowest BCUT2D eigenvalue weighted by atomic mass is 9.98. The van der Waals surface area contributed by atoms with Gasteiger partial charge >= 0.3 is 6.18 Å². The molecule has 4 rings (SSSR count). The third kappa shape index (κ3) is 4.25. The molecule has 1 N–H and O–H groups in total. The van der Waals surface area contributed by atoms with E-state index in [1.54, 1.807) is 24.3 Å². The van der Waals surface area contributed by atoms with Crippen LogP contribution in [0.25, 0.3) is 22.5 Å². The lowest BCUT2D eigenvalue weighted by Crippen LogP contribution is -2.37. The minimum absolute atomic E-state index is 0.0303. The third-order valence-electron chi connectivity index (χ3n) is 5.58. The van der Waals surface area contributed by atoms with Crippen molar-refractivity contribution in [3.05, 3.63) is 65.7 Å². The smallest absolute Gasteiger partial charge is 0.339 e. The molecule has 0 unspecified atom stereocenters. The number of nitrogens with zero attached hydrogens (tertiary/aromatic N) is 2. The summed E-state index contributed by atoms with van der Waals surface area (Å²) < 4.78 is 38.9. The van der Waals surface area contributed by atoms with E-state index >= 15 is 0 Å². The maximum absolute atomic E-state index is 13.0. The number of alkyl halides is 3. The molecule has 0 atom stereocenters. The number of halogens is 3. The van der Waals surface area contributed by atoms with Crippen molar-refractivity contribution in [1.82, 2.24) is 15.1 Å². The summed E-state index contributed by atoms with van der Waals surface area (Å²) in [5, 5.41) is 7.03. The molecule has 0 aliphatic carbocycles. The first-order valence-electron chi connectivity index (χ1n) is 9.94. The quantitative estimate of drug-likeness (QED) is 0.605. The van der Waals surface area contributed by atoms with Gasteiger partial charge in [0.05, 0.1) is 17.0 Å². The van der Waals surface area contributed by atoms with Crippen molar-refractivity contribution in [2.24, 2.45) is 5.92 Å². The van der Waals surface area contributed by atoms with Gasteiger partial charge in [-0.15, -0.1) is 0 Å². The Morgan fingerprint density at radius 2 is 1.73 bits per heavy atom. The van der Waals surface area contributed by atoms with E-state index in [0.29, 0.717) is 28.4 Å². The number of nitrogens with one attached hydrogen (secondary N) is 1. The fraction of sp³-hybridized carbons (Fsp3) is 0.304. The fourth-order valence-electron chi connectivity index (χ4n) is 3.66. The lowest BCUT2D eigenvalue weighted by Gasteiger charge is -2.30. The van der Waals surface area contributed by atoms with Crippen molar-refractivity contribution < 1.29 is 18.0 Å². The average Bonchev–Trinajstić information content (AvgIpc) is 3.24. The maximum Gasteiger partial charge on any atom is 0.416 e. The number of benzene rings is 2. The number of amides is 1. The maximum atomic E-state index is 13.0. The Balaban J connectivity index is 1.51. The molecule has 30 heavy (non-hydrogen) atoms. The molecule has 4 nitrogen and oxygen atoms in total. The molecule has 3 aromatic rings. The number of aromatic amines is 1. The second kappa shape index (κ2) is 7.97. The van der Waals surface area contributed by atoms with E-state index in [1.807, 2.05) is 17.0 Å². The second-order valence-corrected chi connectivity index (χ2v) is 7.80. The molecule has 0 spiro atoms. The SMILES string of the molecule is CC1CCN(C(=O)c2ccc(-c3cc(-c4cccc(C(F)(F)F)c4)n[nH]3)cc2)CC1. The Morgan fingerprint density at radius 3 is 2.40 bits per heavy atom. The summed E-state index contributed by atoms with van der Waals surface area (Å²) >= 11 is 0. The van der Waals surface area contributed by atoms with E-state index in [4.69, 9.17) is 0 Å². The van der Waals surface area contributed by atoms with Gasteiger partial charge in [0.2, 0.25) is 0 Å². The highest BCUT2D eigenvalue weighted by atomic mass is 19.4. The van der Waals surface area contributed by atoms with E-state index in [2.05, 4.69) is 17.1 Å². The minimum Gasteiger partial charge on any atom is -0.339 e. The van der Waals surface area contributed by atoms with Crippen LogP contribution >= 0.6 is 0 Å². The first-order valence-corrected chi connectivity index (χ1v) is 9.94. The van der Waals surface area contributed by atoms with Crippen molar-refractivity contribution in [3.8, 4) is 22.5 Å². The van der Waals surface area contributed by atoms with Crippen LogP contribution in [0.15, 0.2) is 54.6 Å². The third-order valence-corrected chi connectivity index (χ3v) is 5.58. The Morgan fingerprint density at radius 1 is 1.03 bits per heavy atom. The van der Waals surface area contributed by atoms with Crippen LogP contribution in [-0.2, 0) is 6.18 Å². The van der Waals surface area contributed by atoms with E-state index in [0.717, 1.165) is 43.6 Å². The van der Waals surface area contributed by atoms with Gasteiger partial charge in [-0.1, -0.05) is 31.2 Å². The monoisotopic (exact) mass is 413 g/mol. The molecule has 2 aromatic carbocycles. The van der Waals surface area contributed by atoms with Gasteiger partial charge in [-0.05, 0) is 54.7 Å². The van der Waals surface area contributed by atoms with Crippen molar-refractivity contribution in [2.45, 2.75) is 25.9 Å². The molecule has 1 aliphatic heterocycles.